The van der Waals surface area contributed by atoms with E-state index in [1.807, 2.05) is 0 Å². The molecule has 2 heterocycles. The average Bonchev–Trinajstić information content (AvgIpc) is 3.05. The van der Waals surface area contributed by atoms with Crippen LogP contribution in [0, 0.1) is 12.7 Å². The lowest BCUT2D eigenvalue weighted by atomic mass is 10.0. The lowest BCUT2D eigenvalue weighted by Crippen LogP contribution is -2.51. The number of benzene rings is 1. The first kappa shape index (κ1) is 17.9. The predicted molar refractivity (Wildman–Crippen MR) is 85.7 cm³/mol. The number of aryl methyl sites for hydroxylation is 1. The number of rotatable bonds is 5. The van der Waals surface area contributed by atoms with E-state index < -0.39 is 23.9 Å². The number of hydrogen-bond acceptors (Lipinski definition) is 6. The van der Waals surface area contributed by atoms with Crippen molar-refractivity contribution in [1.82, 2.24) is 25.1 Å². The van der Waals surface area contributed by atoms with Crippen LogP contribution in [0.15, 0.2) is 24.3 Å². The van der Waals surface area contributed by atoms with Crippen molar-refractivity contribution in [3.05, 3.63) is 41.5 Å². The van der Waals surface area contributed by atoms with Gasteiger partial charge in [-0.15, -0.1) is 5.10 Å². The van der Waals surface area contributed by atoms with Crippen LogP contribution in [0.1, 0.15) is 17.4 Å². The van der Waals surface area contributed by atoms with Gasteiger partial charge in [0, 0.05) is 13.0 Å². The van der Waals surface area contributed by atoms with Crippen LogP contribution in [0.4, 0.5) is 4.39 Å². The molecule has 0 spiro atoms. The third-order valence-corrected chi connectivity index (χ3v) is 4.21. The molecule has 0 unspecified atom stereocenters. The Labute approximate surface area is 148 Å². The number of amides is 1. The van der Waals surface area contributed by atoms with Crippen LogP contribution < -0.4 is 0 Å². The maximum absolute atomic E-state index is 13.5. The zero-order chi connectivity index (χ0) is 18.7. The summed E-state index contributed by atoms with van der Waals surface area (Å²) in [5.74, 6) is -1.43. The Balaban J connectivity index is 1.86. The highest BCUT2D eigenvalue weighted by Crippen LogP contribution is 2.20. The molecule has 1 aliphatic heterocycles. The van der Waals surface area contributed by atoms with E-state index in [0.717, 1.165) is 0 Å². The van der Waals surface area contributed by atoms with Crippen molar-refractivity contribution >= 4 is 11.9 Å². The second kappa shape index (κ2) is 7.56. The number of ether oxygens (including phenoxy) is 1. The summed E-state index contributed by atoms with van der Waals surface area (Å²) in [6.07, 6.45) is -0.894. The number of aromatic nitrogens is 4. The number of carbonyl (C=O) groups is 2. The molecule has 2 atom stereocenters. The Bertz CT molecular complexity index is 811. The van der Waals surface area contributed by atoms with Gasteiger partial charge in [0.05, 0.1) is 13.2 Å². The Hall–Kier alpha value is -2.88. The fourth-order valence-electron chi connectivity index (χ4n) is 2.90. The molecule has 1 fully saturated rings. The monoisotopic (exact) mass is 363 g/mol. The van der Waals surface area contributed by atoms with Crippen molar-refractivity contribution in [3.63, 3.8) is 0 Å². The molecule has 1 saturated heterocycles. The summed E-state index contributed by atoms with van der Waals surface area (Å²) in [6, 6.07) is 5.14. The number of halogens is 1. The Kier molecular flexibility index (Phi) is 5.21. The molecule has 0 saturated carbocycles. The molecule has 1 N–H and O–H groups in total. The molecule has 0 bridgehead atoms. The molecule has 1 amide bonds. The van der Waals surface area contributed by atoms with Crippen LogP contribution in [0.5, 0.6) is 0 Å². The van der Waals surface area contributed by atoms with Gasteiger partial charge in [-0.25, -0.2) is 13.9 Å². The van der Waals surface area contributed by atoms with Crippen molar-refractivity contribution in [3.8, 4) is 0 Å². The van der Waals surface area contributed by atoms with Gasteiger partial charge < -0.3 is 14.7 Å². The van der Waals surface area contributed by atoms with E-state index in [9.17, 15) is 14.0 Å². The summed E-state index contributed by atoms with van der Waals surface area (Å²) in [5, 5.41) is 20.4. The van der Waals surface area contributed by atoms with Crippen molar-refractivity contribution in [2.45, 2.75) is 25.5 Å². The first-order valence-electron chi connectivity index (χ1n) is 8.08. The van der Waals surface area contributed by atoms with Gasteiger partial charge >= 0.3 is 5.97 Å². The number of carboxylic acid groups (broad SMARTS) is 1. The number of morpholine rings is 1. The van der Waals surface area contributed by atoms with Crippen LogP contribution in [-0.4, -0.2) is 67.9 Å². The molecule has 138 valence electrons. The van der Waals surface area contributed by atoms with Gasteiger partial charge in [0.1, 0.15) is 17.7 Å². The molecule has 26 heavy (non-hydrogen) atoms. The van der Waals surface area contributed by atoms with Crippen molar-refractivity contribution in [2.24, 2.45) is 0 Å². The van der Waals surface area contributed by atoms with Crippen molar-refractivity contribution in [1.29, 1.82) is 0 Å². The quantitative estimate of drug-likeness (QED) is 0.809. The number of nitrogens with zero attached hydrogens (tertiary/aromatic N) is 5. The highest BCUT2D eigenvalue weighted by Gasteiger charge is 2.34. The van der Waals surface area contributed by atoms with Crippen LogP contribution in [-0.2, 0) is 20.7 Å². The lowest BCUT2D eigenvalue weighted by Gasteiger charge is -2.33. The minimum absolute atomic E-state index is 0.0605. The largest absolute Gasteiger partial charge is 0.479 e. The molecular formula is C16H18FN5O4. The number of carbonyl (C=O) groups excluding carboxylic acids is 1. The van der Waals surface area contributed by atoms with Gasteiger partial charge in [0.15, 0.2) is 6.10 Å². The highest BCUT2D eigenvalue weighted by atomic mass is 19.1. The van der Waals surface area contributed by atoms with E-state index in [1.165, 1.54) is 21.7 Å². The van der Waals surface area contributed by atoms with Gasteiger partial charge in [-0.2, -0.15) is 0 Å². The molecule has 1 aromatic heterocycles. The predicted octanol–water partition coefficient (Wildman–Crippen LogP) is 0.216. The van der Waals surface area contributed by atoms with Crippen LogP contribution in [0.3, 0.4) is 0 Å². The lowest BCUT2D eigenvalue weighted by molar-refractivity contribution is -0.160. The Morgan fingerprint density at radius 1 is 1.46 bits per heavy atom. The zero-order valence-electron chi connectivity index (χ0n) is 14.1. The minimum atomic E-state index is -1.12. The molecule has 2 aromatic rings. The number of carboxylic acids is 1. The van der Waals surface area contributed by atoms with Gasteiger partial charge in [-0.05, 0) is 35.0 Å². The van der Waals surface area contributed by atoms with Crippen molar-refractivity contribution < 1.29 is 23.8 Å². The van der Waals surface area contributed by atoms with E-state index in [1.54, 1.807) is 19.1 Å². The Morgan fingerprint density at radius 2 is 2.27 bits per heavy atom. The second-order valence-corrected chi connectivity index (χ2v) is 6.00. The number of tetrazole rings is 1. The average molecular weight is 363 g/mol. The summed E-state index contributed by atoms with van der Waals surface area (Å²) in [4.78, 5) is 25.7. The highest BCUT2D eigenvalue weighted by molar-refractivity contribution is 5.82. The molecule has 1 aliphatic rings. The third-order valence-electron chi connectivity index (χ3n) is 4.21. The SMILES string of the molecule is Cc1nnnn1[C@H](Cc1cccc(F)c1)C(=O)N1CCO[C@@H](C(=O)O)C1. The molecule has 10 heteroatoms. The maximum atomic E-state index is 13.5. The Morgan fingerprint density at radius 3 is 2.92 bits per heavy atom. The first-order valence-corrected chi connectivity index (χ1v) is 8.08. The minimum Gasteiger partial charge on any atom is -0.479 e. The van der Waals surface area contributed by atoms with E-state index in [4.69, 9.17) is 9.84 Å². The maximum Gasteiger partial charge on any atom is 0.334 e. The summed E-state index contributed by atoms with van der Waals surface area (Å²) < 4.78 is 20.0. The van der Waals surface area contributed by atoms with Gasteiger partial charge in [-0.3, -0.25) is 4.79 Å². The van der Waals surface area contributed by atoms with Crippen molar-refractivity contribution in [2.75, 3.05) is 19.7 Å². The zero-order valence-corrected chi connectivity index (χ0v) is 14.1. The van der Waals surface area contributed by atoms with Gasteiger partial charge in [0.2, 0.25) is 5.91 Å². The molecule has 1 aromatic carbocycles. The summed E-state index contributed by atoms with van der Waals surface area (Å²) in [6.45, 7) is 1.99. The van der Waals surface area contributed by atoms with E-state index in [2.05, 4.69) is 15.5 Å². The molecule has 3 rings (SSSR count). The fraction of sp³-hybridized carbons (Fsp3) is 0.438. The molecule has 0 aliphatic carbocycles. The van der Waals surface area contributed by atoms with E-state index >= 15 is 0 Å². The molecular weight excluding hydrogens is 345 g/mol. The molecule has 9 nitrogen and oxygen atoms in total. The summed E-state index contributed by atoms with van der Waals surface area (Å²) >= 11 is 0. The number of hydrogen-bond donors (Lipinski definition) is 1. The fourth-order valence-corrected chi connectivity index (χ4v) is 2.90. The van der Waals surface area contributed by atoms with E-state index in [-0.39, 0.29) is 32.0 Å². The number of aliphatic carboxylic acids is 1. The van der Waals surface area contributed by atoms with Gasteiger partial charge in [0.25, 0.3) is 0 Å². The topological polar surface area (TPSA) is 110 Å². The smallest absolute Gasteiger partial charge is 0.334 e. The van der Waals surface area contributed by atoms with Crippen LogP contribution >= 0.6 is 0 Å². The van der Waals surface area contributed by atoms with Crippen LogP contribution in [0.2, 0.25) is 0 Å². The van der Waals surface area contributed by atoms with Crippen LogP contribution in [0.25, 0.3) is 0 Å². The summed E-state index contributed by atoms with van der Waals surface area (Å²) in [7, 11) is 0. The van der Waals surface area contributed by atoms with Gasteiger partial charge in [-0.1, -0.05) is 12.1 Å². The normalized spacial score (nSPS) is 18.5. The third kappa shape index (κ3) is 3.85. The second-order valence-electron chi connectivity index (χ2n) is 6.00. The first-order chi connectivity index (χ1) is 12.5. The molecule has 0 radical (unpaired) electrons. The summed E-state index contributed by atoms with van der Waals surface area (Å²) in [5.41, 5.74) is 0.612. The standard InChI is InChI=1S/C16H18FN5O4/c1-10-18-19-20-22(10)13(8-11-3-2-4-12(17)7-11)15(23)21-5-6-26-14(9-21)16(24)25/h2-4,7,13-14H,5-6,8-9H2,1H3,(H,24,25)/t13-,14-/m1/s1. The van der Waals surface area contributed by atoms with E-state index in [0.29, 0.717) is 11.4 Å².